The molecule has 1 aromatic heterocycles. The van der Waals surface area contributed by atoms with Crippen molar-refractivity contribution < 1.29 is 22.6 Å². The second-order valence-electron chi connectivity index (χ2n) is 3.56. The lowest BCUT2D eigenvalue weighted by Gasteiger charge is -2.07. The summed E-state index contributed by atoms with van der Waals surface area (Å²) in [6.07, 6.45) is -4.64. The molecule has 0 spiro atoms. The van der Waals surface area contributed by atoms with Crippen LogP contribution in [-0.2, 0) is 6.18 Å². The molecule has 0 aliphatic carbocycles. The van der Waals surface area contributed by atoms with Gasteiger partial charge in [-0.15, -0.1) is 0 Å². The van der Waals surface area contributed by atoms with Crippen LogP contribution in [0.15, 0.2) is 12.1 Å². The molecule has 0 amide bonds. The minimum atomic E-state index is -4.64. The van der Waals surface area contributed by atoms with Gasteiger partial charge in [0.1, 0.15) is 5.15 Å². The predicted octanol–water partition coefficient (Wildman–Crippen LogP) is 3.03. The van der Waals surface area contributed by atoms with Crippen molar-refractivity contribution in [2.45, 2.75) is 6.18 Å². The lowest BCUT2D eigenvalue weighted by atomic mass is 10.2. The molecule has 4 nitrogen and oxygen atoms in total. The van der Waals surface area contributed by atoms with E-state index in [0.29, 0.717) is 11.5 Å². The highest BCUT2D eigenvalue weighted by Crippen LogP contribution is 2.38. The number of nitrogens with zero attached hydrogens (tertiary/aromatic N) is 2. The zero-order valence-electron chi connectivity index (χ0n) is 8.58. The molecule has 18 heavy (non-hydrogen) atoms. The lowest BCUT2D eigenvalue weighted by Crippen LogP contribution is -2.11. The highest BCUT2D eigenvalue weighted by Gasteiger charge is 2.35. The Balaban J connectivity index is 2.28. The first-order valence-corrected chi connectivity index (χ1v) is 5.17. The Morgan fingerprint density at radius 1 is 1.11 bits per heavy atom. The van der Waals surface area contributed by atoms with Gasteiger partial charge in [0.2, 0.25) is 12.6 Å². The summed E-state index contributed by atoms with van der Waals surface area (Å²) in [6, 6.07) is 2.81. The minimum absolute atomic E-state index is 0.0167. The Bertz CT molecular complexity index is 645. The van der Waals surface area contributed by atoms with E-state index in [0.717, 1.165) is 0 Å². The van der Waals surface area contributed by atoms with Crippen LogP contribution in [0.2, 0.25) is 5.15 Å². The van der Waals surface area contributed by atoms with Gasteiger partial charge < -0.3 is 9.47 Å². The SMILES string of the molecule is FC(F)(F)c1nc(Cl)c2cc3c(cc2n1)OCO3. The number of fused-ring (bicyclic) bond motifs is 2. The zero-order valence-corrected chi connectivity index (χ0v) is 9.34. The number of alkyl halides is 3. The van der Waals surface area contributed by atoms with Gasteiger partial charge in [-0.2, -0.15) is 13.2 Å². The van der Waals surface area contributed by atoms with Crippen LogP contribution in [0.25, 0.3) is 10.9 Å². The van der Waals surface area contributed by atoms with Gasteiger partial charge >= 0.3 is 6.18 Å². The minimum Gasteiger partial charge on any atom is -0.454 e. The molecule has 0 saturated carbocycles. The van der Waals surface area contributed by atoms with Crippen LogP contribution in [-0.4, -0.2) is 16.8 Å². The van der Waals surface area contributed by atoms with Gasteiger partial charge in [-0.05, 0) is 6.07 Å². The van der Waals surface area contributed by atoms with Gasteiger partial charge in [0.25, 0.3) is 0 Å². The van der Waals surface area contributed by atoms with Gasteiger partial charge in [-0.1, -0.05) is 11.6 Å². The number of aromatic nitrogens is 2. The van der Waals surface area contributed by atoms with Crippen molar-refractivity contribution in [2.75, 3.05) is 6.79 Å². The van der Waals surface area contributed by atoms with E-state index in [1.165, 1.54) is 12.1 Å². The van der Waals surface area contributed by atoms with Gasteiger partial charge in [0.15, 0.2) is 11.5 Å². The number of ether oxygens (including phenoxy) is 2. The lowest BCUT2D eigenvalue weighted by molar-refractivity contribution is -0.144. The average Bonchev–Trinajstić information content (AvgIpc) is 2.72. The van der Waals surface area contributed by atoms with Crippen LogP contribution in [0.5, 0.6) is 11.5 Å². The Hall–Kier alpha value is -1.76. The molecule has 2 aromatic rings. The molecule has 1 aliphatic rings. The maximum atomic E-state index is 12.5. The normalized spacial score (nSPS) is 14.2. The number of halogens is 4. The van der Waals surface area contributed by atoms with E-state index in [4.69, 9.17) is 21.1 Å². The largest absolute Gasteiger partial charge is 0.454 e. The Morgan fingerprint density at radius 3 is 2.44 bits per heavy atom. The van der Waals surface area contributed by atoms with Crippen molar-refractivity contribution in [1.82, 2.24) is 9.97 Å². The number of hydrogen-bond donors (Lipinski definition) is 0. The molecule has 1 aromatic carbocycles. The van der Waals surface area contributed by atoms with E-state index in [1.54, 1.807) is 0 Å². The first-order valence-electron chi connectivity index (χ1n) is 4.79. The van der Waals surface area contributed by atoms with Crippen LogP contribution >= 0.6 is 11.6 Å². The molecular formula is C10H4ClF3N2O2. The Labute approximate surface area is 103 Å². The molecule has 0 N–H and O–H groups in total. The van der Waals surface area contributed by atoms with Crippen molar-refractivity contribution in [3.8, 4) is 11.5 Å². The zero-order chi connectivity index (χ0) is 12.9. The highest BCUT2D eigenvalue weighted by atomic mass is 35.5. The maximum Gasteiger partial charge on any atom is 0.451 e. The third-order valence-corrected chi connectivity index (χ3v) is 2.69. The third-order valence-electron chi connectivity index (χ3n) is 2.40. The maximum absolute atomic E-state index is 12.5. The predicted molar refractivity (Wildman–Crippen MR) is 55.7 cm³/mol. The molecule has 0 unspecified atom stereocenters. The Kier molecular flexibility index (Phi) is 2.28. The smallest absolute Gasteiger partial charge is 0.451 e. The number of rotatable bonds is 0. The van der Waals surface area contributed by atoms with E-state index in [-0.39, 0.29) is 22.8 Å². The van der Waals surface area contributed by atoms with Gasteiger partial charge in [0, 0.05) is 11.5 Å². The average molecular weight is 277 g/mol. The van der Waals surface area contributed by atoms with Crippen LogP contribution in [0.3, 0.4) is 0 Å². The topological polar surface area (TPSA) is 44.2 Å². The van der Waals surface area contributed by atoms with E-state index < -0.39 is 12.0 Å². The summed E-state index contributed by atoms with van der Waals surface area (Å²) < 4.78 is 47.8. The number of benzene rings is 1. The summed E-state index contributed by atoms with van der Waals surface area (Å²) >= 11 is 5.72. The second-order valence-corrected chi connectivity index (χ2v) is 3.92. The molecular weight excluding hydrogens is 273 g/mol. The molecule has 2 heterocycles. The van der Waals surface area contributed by atoms with Crippen molar-refractivity contribution in [1.29, 1.82) is 0 Å². The Morgan fingerprint density at radius 2 is 1.78 bits per heavy atom. The standard InChI is InChI=1S/C10H4ClF3N2O2/c11-8-4-1-6-7(18-3-17-6)2-5(4)15-9(16-8)10(12,13)14/h1-2H,3H2. The van der Waals surface area contributed by atoms with Crippen molar-refractivity contribution >= 4 is 22.5 Å². The van der Waals surface area contributed by atoms with E-state index in [9.17, 15) is 13.2 Å². The summed E-state index contributed by atoms with van der Waals surface area (Å²) in [5, 5.41) is 0.0135. The second kappa shape index (κ2) is 3.61. The molecule has 0 saturated heterocycles. The van der Waals surface area contributed by atoms with Crippen molar-refractivity contribution in [3.05, 3.63) is 23.1 Å². The van der Waals surface area contributed by atoms with Crippen molar-refractivity contribution in [3.63, 3.8) is 0 Å². The van der Waals surface area contributed by atoms with Gasteiger partial charge in [-0.3, -0.25) is 0 Å². The molecule has 0 bridgehead atoms. The molecule has 94 valence electrons. The summed E-state index contributed by atoms with van der Waals surface area (Å²) in [5.74, 6) is -0.531. The first-order chi connectivity index (χ1) is 8.45. The van der Waals surface area contributed by atoms with Crippen LogP contribution in [0.4, 0.5) is 13.2 Å². The van der Waals surface area contributed by atoms with Crippen LogP contribution < -0.4 is 9.47 Å². The quantitative estimate of drug-likeness (QED) is 0.694. The first kappa shape index (κ1) is 11.3. The monoisotopic (exact) mass is 276 g/mol. The molecule has 1 aliphatic heterocycles. The fraction of sp³-hybridized carbons (Fsp3) is 0.200. The molecule has 3 rings (SSSR count). The van der Waals surface area contributed by atoms with Crippen LogP contribution in [0, 0.1) is 0 Å². The molecule has 0 fully saturated rings. The number of hydrogen-bond acceptors (Lipinski definition) is 4. The third kappa shape index (κ3) is 1.71. The molecule has 0 atom stereocenters. The molecule has 8 heteroatoms. The van der Waals surface area contributed by atoms with E-state index in [2.05, 4.69) is 9.97 Å². The fourth-order valence-corrected chi connectivity index (χ4v) is 1.84. The van der Waals surface area contributed by atoms with Gasteiger partial charge in [0.05, 0.1) is 5.52 Å². The molecule has 0 radical (unpaired) electrons. The van der Waals surface area contributed by atoms with E-state index in [1.807, 2.05) is 0 Å². The highest BCUT2D eigenvalue weighted by molar-refractivity contribution is 6.34. The fourth-order valence-electron chi connectivity index (χ4n) is 1.61. The summed E-state index contributed by atoms with van der Waals surface area (Å²) in [4.78, 5) is 6.66. The van der Waals surface area contributed by atoms with E-state index >= 15 is 0 Å². The van der Waals surface area contributed by atoms with Crippen molar-refractivity contribution in [2.24, 2.45) is 0 Å². The summed E-state index contributed by atoms with van der Waals surface area (Å²) in [7, 11) is 0. The van der Waals surface area contributed by atoms with Crippen LogP contribution in [0.1, 0.15) is 5.82 Å². The van der Waals surface area contributed by atoms with Gasteiger partial charge in [-0.25, -0.2) is 9.97 Å². The summed E-state index contributed by atoms with van der Waals surface area (Å²) in [6.45, 7) is 0.0167. The summed E-state index contributed by atoms with van der Waals surface area (Å²) in [5.41, 5.74) is 0.0616.